The first kappa shape index (κ1) is 19.9. The van der Waals surface area contributed by atoms with E-state index >= 15 is 0 Å². The normalized spacial score (nSPS) is 15.4. The standard InChI is InChI=1S/C22H19N3OS.ClH/c26-22(23-18-12-6-2-7-13-18)24-20-16-27-21(17-10-4-1-5-11-17)25(20)19-14-8-3-9-15-19;/h1-16,21H,(H2,23,24,26);1H. The summed E-state index contributed by atoms with van der Waals surface area (Å²) in [7, 11) is 0. The second-order valence-electron chi connectivity index (χ2n) is 6.05. The van der Waals surface area contributed by atoms with E-state index in [1.54, 1.807) is 11.8 Å². The van der Waals surface area contributed by atoms with Crippen LogP contribution in [0.3, 0.4) is 0 Å². The summed E-state index contributed by atoms with van der Waals surface area (Å²) in [5, 5.41) is 7.93. The quantitative estimate of drug-likeness (QED) is 0.557. The number of carbonyl (C=O) groups is 1. The van der Waals surface area contributed by atoms with Crippen LogP contribution in [-0.2, 0) is 0 Å². The Morgan fingerprint density at radius 3 is 2.00 bits per heavy atom. The minimum absolute atomic E-state index is 0. The number of nitrogens with zero attached hydrogens (tertiary/aromatic N) is 1. The lowest BCUT2D eigenvalue weighted by molar-refractivity contribution is 0.254. The Kier molecular flexibility index (Phi) is 6.63. The maximum atomic E-state index is 12.5. The third-order valence-corrected chi connectivity index (χ3v) is 5.30. The van der Waals surface area contributed by atoms with Crippen molar-refractivity contribution in [3.05, 3.63) is 108 Å². The third kappa shape index (κ3) is 4.50. The second kappa shape index (κ2) is 9.35. The van der Waals surface area contributed by atoms with Crippen LogP contribution in [0.5, 0.6) is 0 Å². The van der Waals surface area contributed by atoms with Crippen molar-refractivity contribution in [3.8, 4) is 0 Å². The highest BCUT2D eigenvalue weighted by atomic mass is 35.5. The Hall–Kier alpha value is -2.89. The number of urea groups is 1. The number of hydrogen-bond donors (Lipinski definition) is 2. The molecule has 1 atom stereocenters. The Labute approximate surface area is 175 Å². The van der Waals surface area contributed by atoms with E-state index < -0.39 is 0 Å². The number of thioether (sulfide) groups is 1. The minimum atomic E-state index is -0.261. The van der Waals surface area contributed by atoms with Gasteiger partial charge in [-0.05, 0) is 29.8 Å². The number of nitrogens with one attached hydrogen (secondary N) is 2. The van der Waals surface area contributed by atoms with E-state index in [4.69, 9.17) is 0 Å². The largest absolute Gasteiger partial charge is 0.324 e. The smallest absolute Gasteiger partial charge is 0.310 e. The molecule has 0 radical (unpaired) electrons. The lowest BCUT2D eigenvalue weighted by atomic mass is 10.2. The van der Waals surface area contributed by atoms with Gasteiger partial charge < -0.3 is 10.2 Å². The van der Waals surface area contributed by atoms with Crippen molar-refractivity contribution in [2.45, 2.75) is 5.37 Å². The van der Waals surface area contributed by atoms with Gasteiger partial charge in [-0.2, -0.15) is 0 Å². The molecule has 0 spiro atoms. The lowest BCUT2D eigenvalue weighted by Gasteiger charge is -2.29. The molecular formula is C22H20ClN3OS. The number of amides is 2. The summed E-state index contributed by atoms with van der Waals surface area (Å²) in [6.07, 6.45) is 0. The van der Waals surface area contributed by atoms with Crippen molar-refractivity contribution in [2.75, 3.05) is 10.2 Å². The molecule has 0 bridgehead atoms. The molecule has 1 aliphatic rings. The van der Waals surface area contributed by atoms with E-state index in [1.165, 1.54) is 5.56 Å². The van der Waals surface area contributed by atoms with E-state index in [0.29, 0.717) is 0 Å². The topological polar surface area (TPSA) is 44.4 Å². The van der Waals surface area contributed by atoms with E-state index in [9.17, 15) is 4.79 Å². The predicted octanol–water partition coefficient (Wildman–Crippen LogP) is 5.98. The van der Waals surface area contributed by atoms with Gasteiger partial charge in [-0.25, -0.2) is 4.79 Å². The zero-order valence-corrected chi connectivity index (χ0v) is 16.6. The van der Waals surface area contributed by atoms with Crippen molar-refractivity contribution < 1.29 is 4.79 Å². The fraction of sp³-hybridized carbons (Fsp3) is 0.0455. The zero-order valence-electron chi connectivity index (χ0n) is 15.0. The van der Waals surface area contributed by atoms with Gasteiger partial charge >= 0.3 is 6.03 Å². The van der Waals surface area contributed by atoms with Crippen molar-refractivity contribution in [2.24, 2.45) is 0 Å². The van der Waals surface area contributed by atoms with Crippen LogP contribution < -0.4 is 15.5 Å². The van der Waals surface area contributed by atoms with Gasteiger partial charge in [0.1, 0.15) is 11.2 Å². The number of benzene rings is 3. The molecule has 0 aliphatic carbocycles. The summed E-state index contributed by atoms with van der Waals surface area (Å²) in [6.45, 7) is 0. The maximum Gasteiger partial charge on any atom is 0.324 e. The molecule has 0 saturated carbocycles. The molecule has 0 fully saturated rings. The molecule has 1 aliphatic heterocycles. The molecule has 0 aromatic heterocycles. The first-order valence-corrected chi connectivity index (χ1v) is 9.63. The fourth-order valence-electron chi connectivity index (χ4n) is 2.97. The molecule has 2 amide bonds. The predicted molar refractivity (Wildman–Crippen MR) is 120 cm³/mol. The van der Waals surface area contributed by atoms with Crippen molar-refractivity contribution >= 4 is 41.6 Å². The Morgan fingerprint density at radius 2 is 1.36 bits per heavy atom. The summed E-state index contributed by atoms with van der Waals surface area (Å²) in [5.74, 6) is 0.758. The Balaban J connectivity index is 0.00000225. The van der Waals surface area contributed by atoms with Gasteiger partial charge in [-0.15, -0.1) is 12.4 Å². The van der Waals surface area contributed by atoms with Crippen LogP contribution in [-0.4, -0.2) is 6.03 Å². The van der Waals surface area contributed by atoms with Gasteiger partial charge in [0.15, 0.2) is 0 Å². The monoisotopic (exact) mass is 409 g/mol. The van der Waals surface area contributed by atoms with Crippen LogP contribution in [0.1, 0.15) is 10.9 Å². The molecule has 1 heterocycles. The molecular weight excluding hydrogens is 390 g/mol. The average molecular weight is 410 g/mol. The summed E-state index contributed by atoms with van der Waals surface area (Å²) < 4.78 is 0. The highest BCUT2D eigenvalue weighted by molar-refractivity contribution is 8.02. The summed E-state index contributed by atoms with van der Waals surface area (Å²) in [6, 6.07) is 29.5. The van der Waals surface area contributed by atoms with Gasteiger partial charge in [-0.3, -0.25) is 5.32 Å². The van der Waals surface area contributed by atoms with Crippen LogP contribution >= 0.6 is 24.2 Å². The van der Waals surface area contributed by atoms with Crippen LogP contribution in [0.4, 0.5) is 16.2 Å². The molecule has 28 heavy (non-hydrogen) atoms. The third-order valence-electron chi connectivity index (χ3n) is 4.19. The summed E-state index contributed by atoms with van der Waals surface area (Å²) >= 11 is 1.68. The molecule has 3 aromatic carbocycles. The number of carbonyl (C=O) groups excluding carboxylic acids is 1. The number of para-hydroxylation sites is 2. The molecule has 142 valence electrons. The Morgan fingerprint density at radius 1 is 0.786 bits per heavy atom. The molecule has 0 saturated heterocycles. The van der Waals surface area contributed by atoms with Crippen LogP contribution in [0.15, 0.2) is 102 Å². The van der Waals surface area contributed by atoms with E-state index in [1.807, 2.05) is 84.3 Å². The van der Waals surface area contributed by atoms with Gasteiger partial charge in [0.05, 0.1) is 0 Å². The average Bonchev–Trinajstić information content (AvgIpc) is 3.13. The summed E-state index contributed by atoms with van der Waals surface area (Å²) in [4.78, 5) is 14.6. The van der Waals surface area contributed by atoms with Crippen molar-refractivity contribution in [1.82, 2.24) is 5.32 Å². The van der Waals surface area contributed by atoms with Crippen molar-refractivity contribution in [3.63, 3.8) is 0 Å². The SMILES string of the molecule is Cl.O=C(NC1=CSC(c2ccccc2)N1c1ccccc1)Nc1ccccc1. The first-order chi connectivity index (χ1) is 13.3. The number of hydrogen-bond acceptors (Lipinski definition) is 3. The van der Waals surface area contributed by atoms with Crippen LogP contribution in [0, 0.1) is 0 Å². The molecule has 6 heteroatoms. The lowest BCUT2D eigenvalue weighted by Crippen LogP contribution is -2.36. The summed E-state index contributed by atoms with van der Waals surface area (Å²) in [5.41, 5.74) is 2.97. The molecule has 1 unspecified atom stereocenters. The van der Waals surface area contributed by atoms with E-state index in [2.05, 4.69) is 27.7 Å². The highest BCUT2D eigenvalue weighted by Gasteiger charge is 2.30. The van der Waals surface area contributed by atoms with E-state index in [0.717, 1.165) is 17.2 Å². The van der Waals surface area contributed by atoms with Crippen LogP contribution in [0.25, 0.3) is 0 Å². The fourth-order valence-corrected chi connectivity index (χ4v) is 4.07. The van der Waals surface area contributed by atoms with Gasteiger partial charge in [0.25, 0.3) is 0 Å². The molecule has 3 aromatic rings. The van der Waals surface area contributed by atoms with Crippen LogP contribution in [0.2, 0.25) is 0 Å². The molecule has 4 nitrogen and oxygen atoms in total. The number of rotatable bonds is 4. The van der Waals surface area contributed by atoms with Crippen molar-refractivity contribution in [1.29, 1.82) is 0 Å². The van der Waals surface area contributed by atoms with Gasteiger partial charge in [0.2, 0.25) is 0 Å². The number of anilines is 2. The number of halogens is 1. The van der Waals surface area contributed by atoms with Gasteiger partial charge in [-0.1, -0.05) is 78.5 Å². The Bertz CT molecular complexity index is 936. The maximum absolute atomic E-state index is 12.5. The second-order valence-corrected chi connectivity index (χ2v) is 7.01. The highest BCUT2D eigenvalue weighted by Crippen LogP contribution is 2.44. The van der Waals surface area contributed by atoms with E-state index in [-0.39, 0.29) is 23.8 Å². The molecule has 2 N–H and O–H groups in total. The zero-order chi connectivity index (χ0) is 18.5. The minimum Gasteiger partial charge on any atom is -0.310 e. The van der Waals surface area contributed by atoms with Gasteiger partial charge in [0, 0.05) is 16.8 Å². The molecule has 4 rings (SSSR count). The first-order valence-electron chi connectivity index (χ1n) is 8.69.